The fourth-order valence-corrected chi connectivity index (χ4v) is 3.86. The molecule has 1 aromatic rings. The first kappa shape index (κ1) is 13.2. The monoisotopic (exact) mass is 271 g/mol. The molecule has 1 amide bonds. The van der Waals surface area contributed by atoms with Crippen LogP contribution in [0.3, 0.4) is 0 Å². The van der Waals surface area contributed by atoms with E-state index in [1.165, 1.54) is 16.4 Å². The van der Waals surface area contributed by atoms with Gasteiger partial charge in [-0.2, -0.15) is 0 Å². The van der Waals surface area contributed by atoms with E-state index in [1.54, 1.807) is 0 Å². The predicted octanol–water partition coefficient (Wildman–Crippen LogP) is -0.260. The Balaban J connectivity index is 2.13. The van der Waals surface area contributed by atoms with Crippen molar-refractivity contribution in [2.75, 3.05) is 13.6 Å². The molecule has 1 aromatic heterocycles. The summed E-state index contributed by atoms with van der Waals surface area (Å²) in [5.41, 5.74) is 8.03. The zero-order chi connectivity index (χ0) is 14.4. The lowest BCUT2D eigenvalue weighted by molar-refractivity contribution is -0.124. The van der Waals surface area contributed by atoms with E-state index in [9.17, 15) is 4.79 Å². The molecule has 3 unspecified atom stereocenters. The SMILES string of the molecule is C=CC1=c2c(c[nH]c2=C)CC2C1CC(C(N)=O)CN2C. The van der Waals surface area contributed by atoms with Gasteiger partial charge in [-0.15, -0.1) is 0 Å². The molecule has 4 nitrogen and oxygen atoms in total. The average molecular weight is 271 g/mol. The fourth-order valence-electron chi connectivity index (χ4n) is 3.86. The lowest BCUT2D eigenvalue weighted by Crippen LogP contribution is -2.54. The summed E-state index contributed by atoms with van der Waals surface area (Å²) in [7, 11) is 2.08. The smallest absolute Gasteiger partial charge is 0.221 e. The van der Waals surface area contributed by atoms with Gasteiger partial charge in [0.1, 0.15) is 0 Å². The van der Waals surface area contributed by atoms with E-state index in [0.717, 1.165) is 24.7 Å². The lowest BCUT2D eigenvalue weighted by Gasteiger charge is -2.44. The average Bonchev–Trinajstić information content (AvgIpc) is 2.78. The normalized spacial score (nSPS) is 29.6. The van der Waals surface area contributed by atoms with E-state index < -0.39 is 0 Å². The second-order valence-electron chi connectivity index (χ2n) is 5.98. The molecule has 3 atom stereocenters. The largest absolute Gasteiger partial charge is 0.369 e. The fraction of sp³-hybridized carbons (Fsp3) is 0.438. The van der Waals surface area contributed by atoms with Crippen LogP contribution in [-0.4, -0.2) is 35.4 Å². The second kappa shape index (κ2) is 4.63. The van der Waals surface area contributed by atoms with Crippen LogP contribution in [0.15, 0.2) is 18.9 Å². The van der Waals surface area contributed by atoms with Crippen LogP contribution in [0.2, 0.25) is 0 Å². The van der Waals surface area contributed by atoms with Crippen molar-refractivity contribution in [2.24, 2.45) is 17.6 Å². The first-order valence-electron chi connectivity index (χ1n) is 7.04. The summed E-state index contributed by atoms with van der Waals surface area (Å²) in [5, 5.41) is 2.14. The van der Waals surface area contributed by atoms with E-state index in [-0.39, 0.29) is 11.8 Å². The number of fused-ring (bicyclic) bond motifs is 2. The molecule has 1 saturated heterocycles. The van der Waals surface area contributed by atoms with Gasteiger partial charge in [0.05, 0.1) is 5.92 Å². The van der Waals surface area contributed by atoms with Crippen molar-refractivity contribution in [1.29, 1.82) is 0 Å². The third kappa shape index (κ3) is 1.83. The number of nitrogens with zero attached hydrogens (tertiary/aromatic N) is 1. The Kier molecular flexibility index (Phi) is 3.05. The lowest BCUT2D eigenvalue weighted by atomic mass is 9.73. The zero-order valence-electron chi connectivity index (χ0n) is 11.9. The second-order valence-corrected chi connectivity index (χ2v) is 5.98. The predicted molar refractivity (Wildman–Crippen MR) is 80.1 cm³/mol. The number of hydrogen-bond donors (Lipinski definition) is 2. The van der Waals surface area contributed by atoms with Crippen LogP contribution in [-0.2, 0) is 11.2 Å². The van der Waals surface area contributed by atoms with Crippen LogP contribution in [0, 0.1) is 11.8 Å². The van der Waals surface area contributed by atoms with Crippen LogP contribution < -0.4 is 16.3 Å². The van der Waals surface area contributed by atoms with Crippen LogP contribution in [0.5, 0.6) is 0 Å². The molecule has 0 radical (unpaired) electrons. The van der Waals surface area contributed by atoms with E-state index in [0.29, 0.717) is 12.0 Å². The summed E-state index contributed by atoms with van der Waals surface area (Å²) in [6, 6.07) is 0.418. The van der Waals surface area contributed by atoms with Crippen LogP contribution >= 0.6 is 0 Å². The molecule has 1 aliphatic heterocycles. The van der Waals surface area contributed by atoms with Gasteiger partial charge in [-0.3, -0.25) is 4.79 Å². The quantitative estimate of drug-likeness (QED) is 0.778. The molecular weight excluding hydrogens is 250 g/mol. The molecule has 2 aliphatic rings. The van der Waals surface area contributed by atoms with Gasteiger partial charge in [-0.25, -0.2) is 0 Å². The number of amides is 1. The van der Waals surface area contributed by atoms with Crippen molar-refractivity contribution >= 4 is 18.1 Å². The minimum absolute atomic E-state index is 0.0787. The Morgan fingerprint density at radius 1 is 1.60 bits per heavy atom. The summed E-state index contributed by atoms with van der Waals surface area (Å²) in [4.78, 5) is 17.1. The van der Waals surface area contributed by atoms with E-state index in [1.807, 2.05) is 12.3 Å². The summed E-state index contributed by atoms with van der Waals surface area (Å²) in [5.74, 6) is 0.0333. The van der Waals surface area contributed by atoms with Gasteiger partial charge in [0.15, 0.2) is 0 Å². The number of likely N-dealkylation sites (tertiary alicyclic amines) is 1. The van der Waals surface area contributed by atoms with Gasteiger partial charge in [0, 0.05) is 35.3 Å². The van der Waals surface area contributed by atoms with E-state index >= 15 is 0 Å². The van der Waals surface area contributed by atoms with Crippen LogP contribution in [0.25, 0.3) is 12.2 Å². The number of nitrogens with two attached hydrogens (primary N) is 1. The Bertz CT molecular complexity index is 672. The maximum Gasteiger partial charge on any atom is 0.221 e. The molecular formula is C16H21N3O. The highest BCUT2D eigenvalue weighted by Gasteiger charge is 2.40. The Morgan fingerprint density at radius 2 is 2.35 bits per heavy atom. The van der Waals surface area contributed by atoms with E-state index in [4.69, 9.17) is 5.73 Å². The number of allylic oxidation sites excluding steroid dienone is 1. The van der Waals surface area contributed by atoms with Crippen molar-refractivity contribution < 1.29 is 4.79 Å². The summed E-state index contributed by atoms with van der Waals surface area (Å²) >= 11 is 0. The maximum absolute atomic E-state index is 11.6. The van der Waals surface area contributed by atoms with Gasteiger partial charge < -0.3 is 15.6 Å². The molecule has 1 aliphatic carbocycles. The minimum Gasteiger partial charge on any atom is -0.369 e. The third-order valence-corrected chi connectivity index (χ3v) is 4.86. The van der Waals surface area contributed by atoms with Crippen molar-refractivity contribution in [1.82, 2.24) is 9.88 Å². The third-order valence-electron chi connectivity index (χ3n) is 4.86. The number of aromatic nitrogens is 1. The molecule has 2 heterocycles. The van der Waals surface area contributed by atoms with Gasteiger partial charge in [-0.05, 0) is 31.0 Å². The molecule has 0 spiro atoms. The minimum atomic E-state index is -0.201. The highest BCUT2D eigenvalue weighted by Crippen LogP contribution is 2.36. The van der Waals surface area contributed by atoms with Crippen LogP contribution in [0.1, 0.15) is 12.0 Å². The summed E-state index contributed by atoms with van der Waals surface area (Å²) in [6.45, 7) is 8.80. The number of primary amides is 1. The topological polar surface area (TPSA) is 62.1 Å². The van der Waals surface area contributed by atoms with E-state index in [2.05, 4.69) is 30.1 Å². The number of carbonyl (C=O) groups excluding carboxylic acids is 1. The zero-order valence-corrected chi connectivity index (χ0v) is 11.9. The van der Waals surface area contributed by atoms with Gasteiger partial charge >= 0.3 is 0 Å². The van der Waals surface area contributed by atoms with Gasteiger partial charge in [-0.1, -0.05) is 19.2 Å². The Morgan fingerprint density at radius 3 is 3.00 bits per heavy atom. The molecule has 1 fully saturated rings. The van der Waals surface area contributed by atoms with Gasteiger partial charge in [0.25, 0.3) is 0 Å². The molecule has 0 saturated carbocycles. The molecule has 3 N–H and O–H groups in total. The molecule has 0 aromatic carbocycles. The molecule has 4 heteroatoms. The van der Waals surface area contributed by atoms with Crippen LogP contribution in [0.4, 0.5) is 0 Å². The Hall–Kier alpha value is -1.81. The van der Waals surface area contributed by atoms with Crippen molar-refractivity contribution in [3.63, 3.8) is 0 Å². The summed E-state index contributed by atoms with van der Waals surface area (Å²) < 4.78 is 0. The summed E-state index contributed by atoms with van der Waals surface area (Å²) in [6.07, 6.45) is 5.78. The van der Waals surface area contributed by atoms with Crippen molar-refractivity contribution in [2.45, 2.75) is 18.9 Å². The first-order valence-corrected chi connectivity index (χ1v) is 7.04. The maximum atomic E-state index is 11.6. The molecule has 20 heavy (non-hydrogen) atoms. The number of H-pyrrole nitrogens is 1. The number of nitrogens with one attached hydrogen (secondary N) is 1. The molecule has 3 rings (SSSR count). The van der Waals surface area contributed by atoms with Crippen molar-refractivity contribution in [3.8, 4) is 0 Å². The molecule has 106 valence electrons. The number of rotatable bonds is 2. The highest BCUT2D eigenvalue weighted by atomic mass is 16.1. The highest BCUT2D eigenvalue weighted by molar-refractivity contribution is 5.77. The first-order chi connectivity index (χ1) is 9.52. The number of aromatic amines is 1. The number of likely N-dealkylation sites (N-methyl/N-ethyl adjacent to an activating group) is 1. The number of carbonyl (C=O) groups is 1. The number of hydrogen-bond acceptors (Lipinski definition) is 2. The van der Waals surface area contributed by atoms with Gasteiger partial charge in [0.2, 0.25) is 5.91 Å². The standard InChI is InChI=1S/C16H21N3O/c1-4-12-13-5-11(16(17)20)8-19(3)14(13)6-10-7-18-9(2)15(10)12/h4,7,11,13-14,18H,1-2,5-6,8H2,3H3,(H2,17,20). The molecule has 0 bridgehead atoms. The van der Waals surface area contributed by atoms with Crippen molar-refractivity contribution in [3.05, 3.63) is 35.0 Å². The Labute approximate surface area is 118 Å². The number of piperidine rings is 1.